The minimum Gasteiger partial charge on any atom is -0.347 e. The fourth-order valence-corrected chi connectivity index (χ4v) is 1.90. The zero-order valence-corrected chi connectivity index (χ0v) is 12.6. The molecule has 1 aromatic carbocycles. The van der Waals surface area contributed by atoms with Crippen LogP contribution in [0.15, 0.2) is 18.2 Å². The van der Waals surface area contributed by atoms with Gasteiger partial charge in [-0.1, -0.05) is 6.07 Å². The number of likely N-dealkylation sites (N-methyl/N-ethyl adjacent to an activating group) is 1. The highest BCUT2D eigenvalue weighted by molar-refractivity contribution is 5.83. The van der Waals surface area contributed by atoms with E-state index in [-0.39, 0.29) is 5.56 Å². The molecule has 0 spiro atoms. The van der Waals surface area contributed by atoms with Crippen LogP contribution < -0.4 is 5.32 Å². The first-order valence-electron chi connectivity index (χ1n) is 6.49. The largest absolute Gasteiger partial charge is 0.417 e. The average Bonchev–Trinajstić information content (AvgIpc) is 2.44. The number of amides is 1. The number of nitriles is 1. The quantitative estimate of drug-likeness (QED) is 0.847. The molecule has 132 valence electrons. The molecule has 1 unspecified atom stereocenters. The summed E-state index contributed by atoms with van der Waals surface area (Å²) in [6.07, 6.45) is -9.53. The van der Waals surface area contributed by atoms with Crippen molar-refractivity contribution in [3.63, 3.8) is 0 Å². The predicted molar refractivity (Wildman–Crippen MR) is 71.7 cm³/mol. The number of rotatable bonds is 4. The molecule has 0 radical (unpaired) electrons. The third kappa shape index (κ3) is 5.13. The Morgan fingerprint density at radius 3 is 2.25 bits per heavy atom. The fourth-order valence-electron chi connectivity index (χ4n) is 1.90. The molecule has 24 heavy (non-hydrogen) atoms. The van der Waals surface area contributed by atoms with Gasteiger partial charge in [-0.2, -0.15) is 31.6 Å². The van der Waals surface area contributed by atoms with Crippen molar-refractivity contribution in [2.45, 2.75) is 18.4 Å². The molecule has 10 heteroatoms. The van der Waals surface area contributed by atoms with E-state index in [9.17, 15) is 31.1 Å². The van der Waals surface area contributed by atoms with Crippen LogP contribution in [0, 0.1) is 11.3 Å². The monoisotopic (exact) mass is 353 g/mol. The topological polar surface area (TPSA) is 56.1 Å². The van der Waals surface area contributed by atoms with Crippen LogP contribution in [0.5, 0.6) is 0 Å². The maximum absolute atomic E-state index is 13.0. The average molecular weight is 353 g/mol. The fraction of sp³-hybridized carbons (Fsp3) is 0.429. The van der Waals surface area contributed by atoms with Gasteiger partial charge in [0, 0.05) is 14.1 Å². The van der Waals surface area contributed by atoms with Gasteiger partial charge < -0.3 is 4.90 Å². The predicted octanol–water partition coefficient (Wildman–Crippen LogP) is 2.86. The van der Waals surface area contributed by atoms with E-state index in [1.807, 2.05) is 5.32 Å². The summed E-state index contributed by atoms with van der Waals surface area (Å²) in [5, 5.41) is 10.6. The Kier molecular flexibility index (Phi) is 5.84. The second-order valence-electron chi connectivity index (χ2n) is 5.08. The molecule has 0 heterocycles. The third-order valence-corrected chi connectivity index (χ3v) is 3.00. The van der Waals surface area contributed by atoms with Gasteiger partial charge in [-0.05, 0) is 17.7 Å². The van der Waals surface area contributed by atoms with Gasteiger partial charge in [0.25, 0.3) is 0 Å². The molecular formula is C14H13F6N3O. The van der Waals surface area contributed by atoms with E-state index in [0.717, 1.165) is 17.0 Å². The third-order valence-electron chi connectivity index (χ3n) is 3.00. The standard InChI is InChI=1S/C14H13F6N3O/c1-23(2)12(24)11(22-7-13(15,16)17)8-3-4-9(6-21)10(5-8)14(18,19)20/h3-5,11,22H,7H2,1-2H3. The van der Waals surface area contributed by atoms with E-state index in [0.29, 0.717) is 6.07 Å². The molecule has 0 aliphatic carbocycles. The number of hydrogen-bond acceptors (Lipinski definition) is 3. The molecule has 1 rings (SSSR count). The molecule has 1 amide bonds. The lowest BCUT2D eigenvalue weighted by Gasteiger charge is -2.23. The second kappa shape index (κ2) is 7.09. The molecule has 0 bridgehead atoms. The summed E-state index contributed by atoms with van der Waals surface area (Å²) in [7, 11) is 2.53. The van der Waals surface area contributed by atoms with Crippen LogP contribution in [-0.4, -0.2) is 37.6 Å². The molecule has 1 atom stereocenters. The second-order valence-corrected chi connectivity index (χ2v) is 5.08. The number of halogens is 6. The minimum absolute atomic E-state index is 0.315. The number of alkyl halides is 6. The van der Waals surface area contributed by atoms with Crippen LogP contribution in [0.25, 0.3) is 0 Å². The maximum Gasteiger partial charge on any atom is 0.417 e. The van der Waals surface area contributed by atoms with Crippen LogP contribution in [0.4, 0.5) is 26.3 Å². The number of carbonyl (C=O) groups excluding carboxylic acids is 1. The van der Waals surface area contributed by atoms with Crippen LogP contribution in [-0.2, 0) is 11.0 Å². The van der Waals surface area contributed by atoms with Crippen LogP contribution in [0.2, 0.25) is 0 Å². The van der Waals surface area contributed by atoms with E-state index in [1.165, 1.54) is 20.2 Å². The Hall–Kier alpha value is -2.28. The molecular weight excluding hydrogens is 340 g/mol. The maximum atomic E-state index is 13.0. The lowest BCUT2D eigenvalue weighted by molar-refractivity contribution is -0.139. The number of carbonyl (C=O) groups is 1. The zero-order chi connectivity index (χ0) is 18.7. The van der Waals surface area contributed by atoms with Crippen molar-refractivity contribution >= 4 is 5.91 Å². The zero-order valence-electron chi connectivity index (χ0n) is 12.6. The van der Waals surface area contributed by atoms with Crippen LogP contribution in [0.3, 0.4) is 0 Å². The van der Waals surface area contributed by atoms with E-state index in [4.69, 9.17) is 5.26 Å². The summed E-state index contributed by atoms with van der Waals surface area (Å²) < 4.78 is 76.0. The number of nitrogens with zero attached hydrogens (tertiary/aromatic N) is 2. The molecule has 1 aromatic rings. The lowest BCUT2D eigenvalue weighted by atomic mass is 9.98. The highest BCUT2D eigenvalue weighted by Crippen LogP contribution is 2.34. The van der Waals surface area contributed by atoms with Crippen molar-refractivity contribution in [1.82, 2.24) is 10.2 Å². The van der Waals surface area contributed by atoms with Gasteiger partial charge >= 0.3 is 12.4 Å². The van der Waals surface area contributed by atoms with Gasteiger partial charge in [-0.3, -0.25) is 10.1 Å². The lowest BCUT2D eigenvalue weighted by Crippen LogP contribution is -2.41. The number of benzene rings is 1. The van der Waals surface area contributed by atoms with Crippen LogP contribution in [0.1, 0.15) is 22.7 Å². The van der Waals surface area contributed by atoms with Crippen molar-refractivity contribution in [3.8, 4) is 6.07 Å². The van der Waals surface area contributed by atoms with E-state index in [1.54, 1.807) is 0 Å². The van der Waals surface area contributed by atoms with E-state index < -0.39 is 42.0 Å². The SMILES string of the molecule is CN(C)C(=O)C(NCC(F)(F)F)c1ccc(C#N)c(C(F)(F)F)c1. The normalized spacial score (nSPS) is 13.3. The smallest absolute Gasteiger partial charge is 0.347 e. The molecule has 0 saturated heterocycles. The molecule has 0 fully saturated rings. The Balaban J connectivity index is 3.33. The molecule has 1 N–H and O–H groups in total. The summed E-state index contributed by atoms with van der Waals surface area (Å²) in [6.45, 7) is -1.56. The first-order valence-corrected chi connectivity index (χ1v) is 6.49. The van der Waals surface area contributed by atoms with Gasteiger partial charge in [0.2, 0.25) is 5.91 Å². The van der Waals surface area contributed by atoms with Gasteiger partial charge in [-0.25, -0.2) is 0 Å². The Morgan fingerprint density at radius 1 is 1.25 bits per heavy atom. The number of hydrogen-bond donors (Lipinski definition) is 1. The van der Waals surface area contributed by atoms with Crippen molar-refractivity contribution in [2.24, 2.45) is 0 Å². The van der Waals surface area contributed by atoms with E-state index in [2.05, 4.69) is 0 Å². The first kappa shape index (κ1) is 19.8. The summed E-state index contributed by atoms with van der Waals surface area (Å²) in [6, 6.07) is 2.08. The van der Waals surface area contributed by atoms with Crippen LogP contribution >= 0.6 is 0 Å². The Bertz CT molecular complexity index is 645. The van der Waals surface area contributed by atoms with Crippen molar-refractivity contribution < 1.29 is 31.1 Å². The van der Waals surface area contributed by atoms with Gasteiger partial charge in [-0.15, -0.1) is 0 Å². The first-order chi connectivity index (χ1) is 10.9. The Labute approximate surface area is 133 Å². The van der Waals surface area contributed by atoms with Crippen molar-refractivity contribution in [3.05, 3.63) is 34.9 Å². The van der Waals surface area contributed by atoms with Gasteiger partial charge in [0.05, 0.1) is 23.7 Å². The van der Waals surface area contributed by atoms with E-state index >= 15 is 0 Å². The highest BCUT2D eigenvalue weighted by Gasteiger charge is 2.36. The van der Waals surface area contributed by atoms with Gasteiger partial charge in [0.15, 0.2) is 0 Å². The summed E-state index contributed by atoms with van der Waals surface area (Å²) in [4.78, 5) is 13.0. The molecule has 0 saturated carbocycles. The van der Waals surface area contributed by atoms with Crippen molar-refractivity contribution in [2.75, 3.05) is 20.6 Å². The molecule has 4 nitrogen and oxygen atoms in total. The summed E-state index contributed by atoms with van der Waals surface area (Å²) in [5.74, 6) is -0.850. The highest BCUT2D eigenvalue weighted by atomic mass is 19.4. The van der Waals surface area contributed by atoms with Gasteiger partial charge in [0.1, 0.15) is 6.04 Å². The number of nitrogens with one attached hydrogen (secondary N) is 1. The summed E-state index contributed by atoms with van der Waals surface area (Å²) >= 11 is 0. The Morgan fingerprint density at radius 2 is 1.83 bits per heavy atom. The summed E-state index contributed by atoms with van der Waals surface area (Å²) in [5.41, 5.74) is -2.31. The molecule has 0 aromatic heterocycles. The molecule has 0 aliphatic heterocycles. The van der Waals surface area contributed by atoms with Crippen molar-refractivity contribution in [1.29, 1.82) is 5.26 Å². The minimum atomic E-state index is -4.88. The molecule has 0 aliphatic rings.